The molecule has 1 saturated heterocycles. The highest BCUT2D eigenvalue weighted by atomic mass is 32.2. The summed E-state index contributed by atoms with van der Waals surface area (Å²) in [7, 11) is 0. The number of hydrogen-bond donors (Lipinski definition) is 0. The SMILES string of the molecule is CC1CC(=O)OS(=O)C1. The van der Waals surface area contributed by atoms with Crippen molar-refractivity contribution >= 4 is 17.0 Å². The van der Waals surface area contributed by atoms with Gasteiger partial charge in [0.1, 0.15) is 0 Å². The van der Waals surface area contributed by atoms with Crippen LogP contribution in [0.4, 0.5) is 0 Å². The molecule has 1 aliphatic rings. The third kappa shape index (κ3) is 1.78. The first kappa shape index (κ1) is 6.74. The Morgan fingerprint density at radius 2 is 2.44 bits per heavy atom. The lowest BCUT2D eigenvalue weighted by Crippen LogP contribution is -2.23. The fraction of sp³-hybridized carbons (Fsp3) is 0.800. The largest absolute Gasteiger partial charge is 0.364 e. The summed E-state index contributed by atoms with van der Waals surface area (Å²) in [5.74, 6) is 0.366. The van der Waals surface area contributed by atoms with Crippen molar-refractivity contribution < 1.29 is 13.2 Å². The molecule has 0 saturated carbocycles. The van der Waals surface area contributed by atoms with Crippen molar-refractivity contribution in [3.8, 4) is 0 Å². The van der Waals surface area contributed by atoms with Gasteiger partial charge in [0.05, 0.1) is 12.2 Å². The van der Waals surface area contributed by atoms with Crippen molar-refractivity contribution in [2.75, 3.05) is 5.75 Å². The summed E-state index contributed by atoms with van der Waals surface area (Å²) in [4.78, 5) is 10.5. The van der Waals surface area contributed by atoms with Crippen LogP contribution >= 0.6 is 0 Å². The molecule has 52 valence electrons. The van der Waals surface area contributed by atoms with E-state index < -0.39 is 11.1 Å². The molecule has 0 bridgehead atoms. The van der Waals surface area contributed by atoms with E-state index in [2.05, 4.69) is 4.18 Å². The van der Waals surface area contributed by atoms with E-state index in [-0.39, 0.29) is 11.9 Å². The molecule has 0 aromatic rings. The molecular weight excluding hydrogens is 140 g/mol. The Kier molecular flexibility index (Phi) is 1.85. The molecule has 1 aliphatic heterocycles. The third-order valence-corrected chi connectivity index (χ3v) is 2.33. The van der Waals surface area contributed by atoms with Crippen molar-refractivity contribution in [2.24, 2.45) is 5.92 Å². The van der Waals surface area contributed by atoms with Crippen molar-refractivity contribution in [1.29, 1.82) is 0 Å². The van der Waals surface area contributed by atoms with Gasteiger partial charge >= 0.3 is 5.97 Å². The second-order valence-corrected chi connectivity index (χ2v) is 3.34. The molecule has 0 amide bonds. The van der Waals surface area contributed by atoms with Crippen molar-refractivity contribution in [3.05, 3.63) is 0 Å². The molecule has 0 aliphatic carbocycles. The summed E-state index contributed by atoms with van der Waals surface area (Å²) in [6, 6.07) is 0. The summed E-state index contributed by atoms with van der Waals surface area (Å²) in [5.41, 5.74) is 0. The van der Waals surface area contributed by atoms with Gasteiger partial charge in [-0.1, -0.05) is 6.92 Å². The van der Waals surface area contributed by atoms with Crippen molar-refractivity contribution in [2.45, 2.75) is 13.3 Å². The van der Waals surface area contributed by atoms with Gasteiger partial charge < -0.3 is 4.18 Å². The molecule has 9 heavy (non-hydrogen) atoms. The summed E-state index contributed by atoms with van der Waals surface area (Å²) in [5, 5.41) is 0. The highest BCUT2D eigenvalue weighted by Gasteiger charge is 2.22. The van der Waals surface area contributed by atoms with E-state index >= 15 is 0 Å². The summed E-state index contributed by atoms with van der Waals surface area (Å²) in [6.45, 7) is 1.89. The minimum atomic E-state index is -1.35. The maximum absolute atomic E-state index is 10.6. The molecule has 0 aromatic carbocycles. The highest BCUT2D eigenvalue weighted by Crippen LogP contribution is 2.12. The van der Waals surface area contributed by atoms with Crippen LogP contribution in [-0.4, -0.2) is 15.9 Å². The first-order valence-electron chi connectivity index (χ1n) is 2.78. The van der Waals surface area contributed by atoms with E-state index in [1.807, 2.05) is 6.92 Å². The zero-order chi connectivity index (χ0) is 6.85. The van der Waals surface area contributed by atoms with Crippen molar-refractivity contribution in [3.63, 3.8) is 0 Å². The van der Waals surface area contributed by atoms with Crippen LogP contribution in [0.3, 0.4) is 0 Å². The second kappa shape index (κ2) is 2.47. The lowest BCUT2D eigenvalue weighted by Gasteiger charge is -2.14. The Labute approximate surface area is 56.1 Å². The van der Waals surface area contributed by atoms with Crippen LogP contribution in [0.15, 0.2) is 0 Å². The van der Waals surface area contributed by atoms with E-state index in [4.69, 9.17) is 0 Å². The van der Waals surface area contributed by atoms with E-state index in [0.29, 0.717) is 12.2 Å². The molecule has 1 rings (SSSR count). The van der Waals surface area contributed by atoms with E-state index in [9.17, 15) is 9.00 Å². The fourth-order valence-corrected chi connectivity index (χ4v) is 1.67. The first-order valence-corrected chi connectivity index (χ1v) is 4.02. The molecule has 3 nitrogen and oxygen atoms in total. The molecule has 1 fully saturated rings. The average molecular weight is 148 g/mol. The van der Waals surface area contributed by atoms with Crippen LogP contribution in [0.5, 0.6) is 0 Å². The zero-order valence-electron chi connectivity index (χ0n) is 5.12. The second-order valence-electron chi connectivity index (χ2n) is 2.24. The minimum absolute atomic E-state index is 0.215. The van der Waals surface area contributed by atoms with Gasteiger partial charge in [-0.05, 0) is 5.92 Å². The molecule has 2 unspecified atom stereocenters. The van der Waals surface area contributed by atoms with E-state index in [1.54, 1.807) is 0 Å². The van der Waals surface area contributed by atoms with Gasteiger partial charge in [0, 0.05) is 0 Å². The van der Waals surface area contributed by atoms with Gasteiger partial charge in [-0.15, -0.1) is 0 Å². The van der Waals surface area contributed by atoms with Gasteiger partial charge in [0.15, 0.2) is 0 Å². The quantitative estimate of drug-likeness (QED) is 0.494. The van der Waals surface area contributed by atoms with Crippen molar-refractivity contribution in [1.82, 2.24) is 0 Å². The van der Waals surface area contributed by atoms with Gasteiger partial charge in [-0.2, -0.15) is 0 Å². The maximum Gasteiger partial charge on any atom is 0.320 e. The Hall–Kier alpha value is -0.380. The average Bonchev–Trinajstić information content (AvgIpc) is 1.59. The lowest BCUT2D eigenvalue weighted by atomic mass is 10.1. The maximum atomic E-state index is 10.6. The van der Waals surface area contributed by atoms with Gasteiger partial charge in [-0.25, -0.2) is 4.21 Å². The zero-order valence-corrected chi connectivity index (χ0v) is 5.94. The monoisotopic (exact) mass is 148 g/mol. The Bertz CT molecular complexity index is 138. The topological polar surface area (TPSA) is 43.4 Å². The Balaban J connectivity index is 2.53. The van der Waals surface area contributed by atoms with E-state index in [0.717, 1.165) is 0 Å². The predicted octanol–water partition coefficient (Wildman–Crippen LogP) is 0.233. The molecule has 1 heterocycles. The standard InChI is InChI=1S/C5H8O3S/c1-4-2-5(6)8-9(7)3-4/h4H,2-3H2,1H3. The summed E-state index contributed by atoms with van der Waals surface area (Å²) in [6.07, 6.45) is 0.408. The molecule has 4 heteroatoms. The summed E-state index contributed by atoms with van der Waals surface area (Å²) >= 11 is -1.35. The van der Waals surface area contributed by atoms with Gasteiger partial charge in [0.2, 0.25) is 11.1 Å². The van der Waals surface area contributed by atoms with Crippen LogP contribution < -0.4 is 0 Å². The molecular formula is C5H8O3S. The minimum Gasteiger partial charge on any atom is -0.364 e. The van der Waals surface area contributed by atoms with Gasteiger partial charge in [0.25, 0.3) is 0 Å². The van der Waals surface area contributed by atoms with Gasteiger partial charge in [-0.3, -0.25) is 4.79 Å². The number of rotatable bonds is 0. The fourth-order valence-electron chi connectivity index (χ4n) is 0.747. The van der Waals surface area contributed by atoms with Crippen LogP contribution in [-0.2, 0) is 20.1 Å². The molecule has 0 N–H and O–H groups in total. The van der Waals surface area contributed by atoms with E-state index in [1.165, 1.54) is 0 Å². The Morgan fingerprint density at radius 3 is 2.89 bits per heavy atom. The molecule has 0 aromatic heterocycles. The molecule has 0 spiro atoms. The first-order chi connectivity index (χ1) is 4.18. The summed E-state index contributed by atoms with van der Waals surface area (Å²) < 4.78 is 14.9. The van der Waals surface area contributed by atoms with Crippen LogP contribution in [0.2, 0.25) is 0 Å². The number of hydrogen-bond acceptors (Lipinski definition) is 3. The Morgan fingerprint density at radius 1 is 1.78 bits per heavy atom. The van der Waals surface area contributed by atoms with Crippen LogP contribution in [0.1, 0.15) is 13.3 Å². The smallest absolute Gasteiger partial charge is 0.320 e. The highest BCUT2D eigenvalue weighted by molar-refractivity contribution is 7.80. The molecule has 0 radical (unpaired) electrons. The predicted molar refractivity (Wildman–Crippen MR) is 32.9 cm³/mol. The third-order valence-electron chi connectivity index (χ3n) is 1.12. The number of carbonyl (C=O) groups is 1. The number of carbonyl (C=O) groups excluding carboxylic acids is 1. The molecule has 2 atom stereocenters. The van der Waals surface area contributed by atoms with Crippen LogP contribution in [0, 0.1) is 5.92 Å². The van der Waals surface area contributed by atoms with Crippen LogP contribution in [0.25, 0.3) is 0 Å². The lowest BCUT2D eigenvalue weighted by molar-refractivity contribution is -0.135. The normalized spacial score (nSPS) is 35.9.